The highest BCUT2D eigenvalue weighted by Crippen LogP contribution is 2.35. The molecule has 1 nitrogen and oxygen atoms in total. The van der Waals surface area contributed by atoms with E-state index in [2.05, 4.69) is 131 Å². The van der Waals surface area contributed by atoms with Gasteiger partial charge in [0.25, 0.3) is 0 Å². The fraction of sp³-hybridized carbons (Fsp3) is 0.379. The Morgan fingerprint density at radius 2 is 0.967 bits per heavy atom. The van der Waals surface area contributed by atoms with Crippen LogP contribution in [0.3, 0.4) is 0 Å². The summed E-state index contributed by atoms with van der Waals surface area (Å²) in [5.74, 6) is 0.833. The summed E-state index contributed by atoms with van der Waals surface area (Å²) in [5, 5.41) is 0. The molecule has 0 N–H and O–H groups in total. The van der Waals surface area contributed by atoms with Gasteiger partial charge in [0, 0.05) is 17.1 Å². The molecule has 0 amide bonds. The van der Waals surface area contributed by atoms with Crippen LogP contribution in [0, 0.1) is 5.92 Å². The fourth-order valence-electron chi connectivity index (χ4n) is 2.87. The van der Waals surface area contributed by atoms with Crippen molar-refractivity contribution in [3.05, 3.63) is 90.5 Å². The summed E-state index contributed by atoms with van der Waals surface area (Å²) in [6.07, 6.45) is 1.13. The predicted molar refractivity (Wildman–Crippen MR) is 136 cm³/mol. The Hall–Kier alpha value is -2.54. The lowest BCUT2D eigenvalue weighted by Gasteiger charge is -2.27. The van der Waals surface area contributed by atoms with E-state index in [1.54, 1.807) is 0 Å². The molecule has 0 heterocycles. The minimum atomic E-state index is 0.211. The molecule has 162 valence electrons. The smallest absolute Gasteiger partial charge is 0.0461 e. The van der Waals surface area contributed by atoms with Gasteiger partial charge in [-0.1, -0.05) is 104 Å². The van der Waals surface area contributed by atoms with Crippen molar-refractivity contribution in [1.29, 1.82) is 0 Å². The van der Waals surface area contributed by atoms with Gasteiger partial charge >= 0.3 is 0 Å². The molecular weight excluding hydrogens is 362 g/mol. The maximum Gasteiger partial charge on any atom is 0.0461 e. The number of hydrogen-bond donors (Lipinski definition) is 0. The molecule has 3 rings (SSSR count). The van der Waals surface area contributed by atoms with E-state index in [9.17, 15) is 0 Å². The summed E-state index contributed by atoms with van der Waals surface area (Å²) in [6.45, 7) is 17.3. The van der Waals surface area contributed by atoms with Gasteiger partial charge in [0.2, 0.25) is 0 Å². The first-order chi connectivity index (χ1) is 14.3. The van der Waals surface area contributed by atoms with E-state index >= 15 is 0 Å². The van der Waals surface area contributed by atoms with Crippen LogP contribution in [0.1, 0.15) is 67.4 Å². The van der Waals surface area contributed by atoms with Gasteiger partial charge < -0.3 is 4.90 Å². The van der Waals surface area contributed by atoms with E-state index in [1.807, 2.05) is 13.8 Å². The van der Waals surface area contributed by atoms with Crippen LogP contribution in [0.5, 0.6) is 0 Å². The van der Waals surface area contributed by atoms with Gasteiger partial charge in [-0.15, -0.1) is 0 Å². The van der Waals surface area contributed by atoms with Crippen LogP contribution in [0.4, 0.5) is 17.1 Å². The molecule has 0 radical (unpaired) electrons. The number of benzene rings is 3. The second-order valence-electron chi connectivity index (χ2n) is 8.52. The summed E-state index contributed by atoms with van der Waals surface area (Å²) >= 11 is 0. The van der Waals surface area contributed by atoms with Crippen molar-refractivity contribution in [1.82, 2.24) is 0 Å². The largest absolute Gasteiger partial charge is 0.311 e. The Morgan fingerprint density at radius 1 is 0.633 bits per heavy atom. The molecule has 0 unspecified atom stereocenters. The van der Waals surface area contributed by atoms with Gasteiger partial charge in [0.05, 0.1) is 0 Å². The molecule has 0 spiro atoms. The van der Waals surface area contributed by atoms with Crippen molar-refractivity contribution in [3.63, 3.8) is 0 Å². The van der Waals surface area contributed by atoms with E-state index < -0.39 is 0 Å². The van der Waals surface area contributed by atoms with E-state index in [0.29, 0.717) is 0 Å². The second kappa shape index (κ2) is 12.9. The second-order valence-corrected chi connectivity index (χ2v) is 8.52. The highest BCUT2D eigenvalue weighted by Gasteiger charge is 2.18. The monoisotopic (exact) mass is 403 g/mol. The van der Waals surface area contributed by atoms with E-state index in [-0.39, 0.29) is 5.41 Å². The van der Waals surface area contributed by atoms with Gasteiger partial charge in [0.15, 0.2) is 0 Å². The van der Waals surface area contributed by atoms with Crippen molar-refractivity contribution in [3.8, 4) is 0 Å². The Kier molecular flexibility index (Phi) is 11.0. The Morgan fingerprint density at radius 3 is 1.30 bits per heavy atom. The number of rotatable bonds is 5. The first-order valence-corrected chi connectivity index (χ1v) is 11.4. The quantitative estimate of drug-likeness (QED) is 0.410. The highest BCUT2D eigenvalue weighted by atomic mass is 15.1. The molecule has 0 saturated carbocycles. The third-order valence-electron chi connectivity index (χ3n) is 4.82. The zero-order valence-corrected chi connectivity index (χ0v) is 20.3. The number of nitrogens with zero attached hydrogens (tertiary/aromatic N) is 1. The Balaban J connectivity index is 0.000000673. The van der Waals surface area contributed by atoms with Gasteiger partial charge in [-0.3, -0.25) is 0 Å². The first-order valence-electron chi connectivity index (χ1n) is 11.4. The topological polar surface area (TPSA) is 3.24 Å². The van der Waals surface area contributed by atoms with Crippen molar-refractivity contribution in [2.75, 3.05) is 4.90 Å². The van der Waals surface area contributed by atoms with Crippen LogP contribution in [0.2, 0.25) is 0 Å². The lowest BCUT2D eigenvalue weighted by Crippen LogP contribution is -2.16. The fourth-order valence-corrected chi connectivity index (χ4v) is 2.87. The SMILES string of the molecule is CC.CC(C)C.CCC(C)(C)c1ccc(N(c2ccccc2)c2ccccc2)cc1. The van der Waals surface area contributed by atoms with Gasteiger partial charge in [-0.2, -0.15) is 0 Å². The molecule has 30 heavy (non-hydrogen) atoms. The average Bonchev–Trinajstić information content (AvgIpc) is 2.77. The van der Waals surface area contributed by atoms with Crippen molar-refractivity contribution in [2.24, 2.45) is 5.92 Å². The summed E-state index contributed by atoms with van der Waals surface area (Å²) in [6, 6.07) is 30.0. The van der Waals surface area contributed by atoms with Crippen LogP contribution >= 0.6 is 0 Å². The summed E-state index contributed by atoms with van der Waals surface area (Å²) in [4.78, 5) is 2.29. The number of para-hydroxylation sites is 2. The molecule has 0 saturated heterocycles. The molecule has 0 aliphatic rings. The number of hydrogen-bond acceptors (Lipinski definition) is 1. The van der Waals surface area contributed by atoms with Crippen LogP contribution in [0.25, 0.3) is 0 Å². The molecule has 1 heteroatoms. The highest BCUT2D eigenvalue weighted by molar-refractivity contribution is 5.76. The normalized spacial score (nSPS) is 10.4. The minimum Gasteiger partial charge on any atom is -0.311 e. The minimum absolute atomic E-state index is 0.211. The first kappa shape index (κ1) is 25.5. The third kappa shape index (κ3) is 7.71. The standard InChI is InChI=1S/C23H25N.C4H10.C2H6/c1-4-23(2,3)19-15-17-22(18-16-19)24(20-11-7-5-8-12-20)21-13-9-6-10-14-21;1-4(2)3;1-2/h5-18H,4H2,1-3H3;4H,1-3H3;1-2H3. The zero-order valence-electron chi connectivity index (χ0n) is 20.3. The molecule has 3 aromatic carbocycles. The molecule has 0 atom stereocenters. The zero-order chi connectivity index (χ0) is 22.6. The summed E-state index contributed by atoms with van der Waals surface area (Å²) in [7, 11) is 0. The van der Waals surface area contributed by atoms with Crippen LogP contribution in [0.15, 0.2) is 84.9 Å². The van der Waals surface area contributed by atoms with Crippen LogP contribution in [-0.2, 0) is 5.41 Å². The maximum absolute atomic E-state index is 2.30. The molecule has 0 bridgehead atoms. The van der Waals surface area contributed by atoms with Crippen molar-refractivity contribution < 1.29 is 0 Å². The Labute approximate surface area is 185 Å². The van der Waals surface area contributed by atoms with E-state index in [4.69, 9.17) is 0 Å². The van der Waals surface area contributed by atoms with E-state index in [1.165, 1.54) is 22.6 Å². The van der Waals surface area contributed by atoms with Gasteiger partial charge in [0.1, 0.15) is 0 Å². The predicted octanol–water partition coefficient (Wildman–Crippen LogP) is 9.53. The van der Waals surface area contributed by atoms with Crippen molar-refractivity contribution in [2.45, 2.75) is 67.2 Å². The molecule has 0 aliphatic heterocycles. The molecule has 0 aliphatic carbocycles. The van der Waals surface area contributed by atoms with Gasteiger partial charge in [-0.05, 0) is 59.7 Å². The summed E-state index contributed by atoms with van der Waals surface area (Å²) < 4.78 is 0. The molecular formula is C29H41N. The molecule has 0 aromatic heterocycles. The number of anilines is 3. The van der Waals surface area contributed by atoms with E-state index in [0.717, 1.165) is 12.3 Å². The summed E-state index contributed by atoms with van der Waals surface area (Å²) in [5.41, 5.74) is 5.12. The van der Waals surface area contributed by atoms with Crippen molar-refractivity contribution >= 4 is 17.1 Å². The molecule has 3 aromatic rings. The Bertz CT molecular complexity index is 760. The lowest BCUT2D eigenvalue weighted by molar-refractivity contribution is 0.506. The van der Waals surface area contributed by atoms with Crippen LogP contribution in [-0.4, -0.2) is 0 Å². The third-order valence-corrected chi connectivity index (χ3v) is 4.82. The van der Waals surface area contributed by atoms with Crippen LogP contribution < -0.4 is 4.90 Å². The molecule has 0 fully saturated rings. The average molecular weight is 404 g/mol. The lowest BCUT2D eigenvalue weighted by atomic mass is 9.82. The van der Waals surface area contributed by atoms with Gasteiger partial charge in [-0.25, -0.2) is 0 Å². The maximum atomic E-state index is 2.30.